The van der Waals surface area contributed by atoms with Crippen molar-refractivity contribution in [2.45, 2.75) is 31.7 Å². The first-order valence-electron chi connectivity index (χ1n) is 6.68. The van der Waals surface area contributed by atoms with Crippen LogP contribution in [0.5, 0.6) is 0 Å². The molecule has 0 bridgehead atoms. The number of carboxylic acid groups (broad SMARTS) is 1. The largest absolute Gasteiger partial charge is 0.481 e. The Morgan fingerprint density at radius 2 is 2.05 bits per heavy atom. The Labute approximate surface area is 116 Å². The Bertz CT molecular complexity index is 466. The molecular formula is C13H18N4O3. The van der Waals surface area contributed by atoms with Crippen molar-refractivity contribution < 1.29 is 14.7 Å². The zero-order valence-electron chi connectivity index (χ0n) is 11.1. The normalized spacial score (nSPS) is 22.2. The zero-order chi connectivity index (χ0) is 14.4. The van der Waals surface area contributed by atoms with Gasteiger partial charge in [0.1, 0.15) is 0 Å². The van der Waals surface area contributed by atoms with Gasteiger partial charge in [0.2, 0.25) is 11.9 Å². The Morgan fingerprint density at radius 3 is 2.75 bits per heavy atom. The minimum absolute atomic E-state index is 0.0762. The molecule has 2 unspecified atom stereocenters. The van der Waals surface area contributed by atoms with E-state index in [9.17, 15) is 9.59 Å². The number of aromatic nitrogens is 2. The quantitative estimate of drug-likeness (QED) is 0.730. The summed E-state index contributed by atoms with van der Waals surface area (Å²) in [7, 11) is 0. The molecule has 1 saturated carbocycles. The second-order valence-electron chi connectivity index (χ2n) is 4.90. The SMILES string of the molecule is O=C(CNC1CCCC(C(=O)O)C1)Nc1ncccn1. The van der Waals surface area contributed by atoms with Crippen LogP contribution in [-0.4, -0.2) is 39.5 Å². The van der Waals surface area contributed by atoms with Crippen molar-refractivity contribution in [1.29, 1.82) is 0 Å². The van der Waals surface area contributed by atoms with Gasteiger partial charge in [0, 0.05) is 18.4 Å². The average molecular weight is 278 g/mol. The van der Waals surface area contributed by atoms with Crippen molar-refractivity contribution >= 4 is 17.8 Å². The van der Waals surface area contributed by atoms with Crippen molar-refractivity contribution in [3.8, 4) is 0 Å². The first-order valence-corrected chi connectivity index (χ1v) is 6.68. The third-order valence-corrected chi connectivity index (χ3v) is 3.39. The Hall–Kier alpha value is -2.02. The molecule has 1 fully saturated rings. The van der Waals surface area contributed by atoms with Gasteiger partial charge in [0.25, 0.3) is 0 Å². The fourth-order valence-electron chi connectivity index (χ4n) is 2.37. The van der Waals surface area contributed by atoms with E-state index in [1.54, 1.807) is 18.5 Å². The highest BCUT2D eigenvalue weighted by Gasteiger charge is 2.26. The van der Waals surface area contributed by atoms with Crippen molar-refractivity contribution in [2.75, 3.05) is 11.9 Å². The van der Waals surface area contributed by atoms with Gasteiger partial charge in [-0.3, -0.25) is 14.9 Å². The molecule has 7 heteroatoms. The minimum atomic E-state index is -0.751. The summed E-state index contributed by atoms with van der Waals surface area (Å²) in [4.78, 5) is 30.5. The lowest BCUT2D eigenvalue weighted by atomic mass is 9.86. The Kier molecular flexibility index (Phi) is 5.00. The van der Waals surface area contributed by atoms with Crippen molar-refractivity contribution in [3.63, 3.8) is 0 Å². The molecule has 0 aromatic carbocycles. The van der Waals surface area contributed by atoms with Gasteiger partial charge in [-0.05, 0) is 25.3 Å². The van der Waals surface area contributed by atoms with E-state index < -0.39 is 5.97 Å². The van der Waals surface area contributed by atoms with Crippen molar-refractivity contribution in [2.24, 2.45) is 5.92 Å². The van der Waals surface area contributed by atoms with Gasteiger partial charge in [-0.15, -0.1) is 0 Å². The first-order chi connectivity index (χ1) is 9.65. The number of hydrogen-bond acceptors (Lipinski definition) is 5. The molecule has 1 aliphatic carbocycles. The van der Waals surface area contributed by atoms with Crippen molar-refractivity contribution in [1.82, 2.24) is 15.3 Å². The van der Waals surface area contributed by atoms with Crippen LogP contribution < -0.4 is 10.6 Å². The topological polar surface area (TPSA) is 104 Å². The number of hydrogen-bond donors (Lipinski definition) is 3. The molecule has 108 valence electrons. The smallest absolute Gasteiger partial charge is 0.306 e. The Morgan fingerprint density at radius 1 is 1.30 bits per heavy atom. The lowest BCUT2D eigenvalue weighted by Gasteiger charge is -2.27. The maximum atomic E-state index is 11.7. The maximum Gasteiger partial charge on any atom is 0.306 e. The molecule has 3 N–H and O–H groups in total. The van der Waals surface area contributed by atoms with Gasteiger partial charge in [0.05, 0.1) is 12.5 Å². The molecule has 20 heavy (non-hydrogen) atoms. The van der Waals surface area contributed by atoms with Crippen LogP contribution in [0, 0.1) is 5.92 Å². The molecule has 7 nitrogen and oxygen atoms in total. The predicted molar refractivity (Wildman–Crippen MR) is 72.0 cm³/mol. The number of carbonyl (C=O) groups is 2. The molecule has 0 spiro atoms. The molecule has 1 aliphatic rings. The van der Waals surface area contributed by atoms with E-state index >= 15 is 0 Å². The second kappa shape index (κ2) is 6.95. The number of carbonyl (C=O) groups excluding carboxylic acids is 1. The average Bonchev–Trinajstić information content (AvgIpc) is 2.46. The number of nitrogens with one attached hydrogen (secondary N) is 2. The highest BCUT2D eigenvalue weighted by Crippen LogP contribution is 2.24. The van der Waals surface area contributed by atoms with Crippen LogP contribution in [0.3, 0.4) is 0 Å². The maximum absolute atomic E-state index is 11.7. The highest BCUT2D eigenvalue weighted by atomic mass is 16.4. The summed E-state index contributed by atoms with van der Waals surface area (Å²) in [6.07, 6.45) is 6.17. The number of aliphatic carboxylic acids is 1. The number of rotatable bonds is 5. The zero-order valence-corrected chi connectivity index (χ0v) is 11.1. The second-order valence-corrected chi connectivity index (χ2v) is 4.90. The summed E-state index contributed by atoms with van der Waals surface area (Å²) >= 11 is 0. The van der Waals surface area contributed by atoms with Gasteiger partial charge < -0.3 is 10.4 Å². The van der Waals surface area contributed by atoms with Crippen LogP contribution >= 0.6 is 0 Å². The van der Waals surface area contributed by atoms with E-state index in [1.807, 2.05) is 0 Å². The van der Waals surface area contributed by atoms with Crippen LogP contribution in [0.1, 0.15) is 25.7 Å². The molecular weight excluding hydrogens is 260 g/mol. The third kappa shape index (κ3) is 4.27. The molecule has 0 saturated heterocycles. The molecule has 1 heterocycles. The summed E-state index contributed by atoms with van der Waals surface area (Å²) in [5, 5.41) is 14.7. The van der Waals surface area contributed by atoms with Crippen LogP contribution in [-0.2, 0) is 9.59 Å². The Balaban J connectivity index is 1.74. The number of nitrogens with zero attached hydrogens (tertiary/aromatic N) is 2. The molecule has 0 radical (unpaired) electrons. The first kappa shape index (κ1) is 14.4. The lowest BCUT2D eigenvalue weighted by molar-refractivity contribution is -0.143. The summed E-state index contributed by atoms with van der Waals surface area (Å²) in [6, 6.07) is 1.74. The summed E-state index contributed by atoms with van der Waals surface area (Å²) < 4.78 is 0. The standard InChI is InChI=1S/C13H18N4O3/c18-11(17-13-14-5-2-6-15-13)8-16-10-4-1-3-9(7-10)12(19)20/h2,5-6,9-10,16H,1,3-4,7-8H2,(H,19,20)(H,14,15,17,18). The van der Waals surface area contributed by atoms with Gasteiger partial charge >= 0.3 is 5.97 Å². The molecule has 2 atom stereocenters. The van der Waals surface area contributed by atoms with E-state index in [0.29, 0.717) is 6.42 Å². The van der Waals surface area contributed by atoms with Crippen LogP contribution in [0.15, 0.2) is 18.5 Å². The van der Waals surface area contributed by atoms with Crippen LogP contribution in [0.4, 0.5) is 5.95 Å². The van der Waals surface area contributed by atoms with Gasteiger partial charge in [0.15, 0.2) is 0 Å². The van der Waals surface area contributed by atoms with E-state index in [-0.39, 0.29) is 30.4 Å². The van der Waals surface area contributed by atoms with E-state index in [4.69, 9.17) is 5.11 Å². The van der Waals surface area contributed by atoms with E-state index in [1.165, 1.54) is 0 Å². The lowest BCUT2D eigenvalue weighted by Crippen LogP contribution is -2.40. The van der Waals surface area contributed by atoms with E-state index in [2.05, 4.69) is 20.6 Å². The number of carboxylic acids is 1. The molecule has 2 rings (SSSR count). The fraction of sp³-hybridized carbons (Fsp3) is 0.538. The summed E-state index contributed by atoms with van der Waals surface area (Å²) in [6.45, 7) is 0.134. The fourth-order valence-corrected chi connectivity index (χ4v) is 2.37. The predicted octanol–water partition coefficient (Wildman–Crippen LogP) is 0.648. The van der Waals surface area contributed by atoms with Crippen LogP contribution in [0.2, 0.25) is 0 Å². The molecule has 1 aromatic heterocycles. The van der Waals surface area contributed by atoms with E-state index in [0.717, 1.165) is 19.3 Å². The van der Waals surface area contributed by atoms with Gasteiger partial charge in [-0.2, -0.15) is 0 Å². The number of anilines is 1. The van der Waals surface area contributed by atoms with Crippen LogP contribution in [0.25, 0.3) is 0 Å². The van der Waals surface area contributed by atoms with Gasteiger partial charge in [-0.1, -0.05) is 6.42 Å². The van der Waals surface area contributed by atoms with Gasteiger partial charge in [-0.25, -0.2) is 9.97 Å². The summed E-state index contributed by atoms with van der Waals surface area (Å²) in [5.41, 5.74) is 0. The summed E-state index contributed by atoms with van der Waals surface area (Å²) in [5.74, 6) is -1.01. The highest BCUT2D eigenvalue weighted by molar-refractivity contribution is 5.90. The molecule has 0 aliphatic heterocycles. The monoisotopic (exact) mass is 278 g/mol. The minimum Gasteiger partial charge on any atom is -0.481 e. The third-order valence-electron chi connectivity index (χ3n) is 3.39. The molecule has 1 aromatic rings. The van der Waals surface area contributed by atoms with Crippen molar-refractivity contribution in [3.05, 3.63) is 18.5 Å². The number of amides is 1. The molecule has 1 amide bonds.